The number of fused-ring (bicyclic) bond motifs is 3. The maximum Gasteiger partial charge on any atom is 0.347 e. The molecule has 5 rings (SSSR count). The second-order valence-corrected chi connectivity index (χ2v) is 8.55. The van der Waals surface area contributed by atoms with Gasteiger partial charge in [0, 0.05) is 5.56 Å². The Hall–Kier alpha value is -5.04. The molecular weight excluding hydrogens is 508 g/mol. The van der Waals surface area contributed by atoms with Crippen molar-refractivity contribution in [2.24, 2.45) is 0 Å². The lowest BCUT2D eigenvalue weighted by molar-refractivity contribution is -0.149. The van der Waals surface area contributed by atoms with E-state index in [2.05, 4.69) is 25.5 Å². The Morgan fingerprint density at radius 2 is 1.67 bits per heavy atom. The van der Waals surface area contributed by atoms with Crippen molar-refractivity contribution >= 4 is 11.9 Å². The number of carboxylic acids is 2. The predicted molar refractivity (Wildman–Crippen MR) is 134 cm³/mol. The summed E-state index contributed by atoms with van der Waals surface area (Å²) in [5.41, 5.74) is 0.0355. The van der Waals surface area contributed by atoms with Gasteiger partial charge in [-0.3, -0.25) is 14.7 Å². The van der Waals surface area contributed by atoms with Crippen molar-refractivity contribution in [3.63, 3.8) is 0 Å². The smallest absolute Gasteiger partial charge is 0.347 e. The summed E-state index contributed by atoms with van der Waals surface area (Å²) in [6.07, 6.45) is -2.01. The van der Waals surface area contributed by atoms with E-state index >= 15 is 0 Å². The van der Waals surface area contributed by atoms with Crippen LogP contribution in [-0.4, -0.2) is 67.2 Å². The third kappa shape index (κ3) is 4.59. The third-order valence-electron chi connectivity index (χ3n) is 6.35. The van der Waals surface area contributed by atoms with Gasteiger partial charge >= 0.3 is 17.9 Å². The summed E-state index contributed by atoms with van der Waals surface area (Å²) in [6.45, 7) is 0.0334. The minimum absolute atomic E-state index is 0.0334. The van der Waals surface area contributed by atoms with Crippen LogP contribution in [0.4, 0.5) is 0 Å². The molecule has 0 saturated carbocycles. The molecule has 0 saturated heterocycles. The second-order valence-electron chi connectivity index (χ2n) is 8.55. The van der Waals surface area contributed by atoms with Gasteiger partial charge in [-0.05, 0) is 11.6 Å². The van der Waals surface area contributed by atoms with Gasteiger partial charge in [0.05, 0.1) is 32.5 Å². The predicted octanol–water partition coefficient (Wildman–Crippen LogP) is 1.58. The lowest BCUT2D eigenvalue weighted by Crippen LogP contribution is -2.57. The highest BCUT2D eigenvalue weighted by atomic mass is 16.5. The fourth-order valence-corrected chi connectivity index (χ4v) is 4.73. The number of hydrogen-bond acceptors (Lipinski definition) is 10. The summed E-state index contributed by atoms with van der Waals surface area (Å²) in [6, 6.07) is 17.1. The van der Waals surface area contributed by atoms with E-state index in [-0.39, 0.29) is 36.6 Å². The number of nitrogens with one attached hydrogen (secondary N) is 1. The average molecular weight is 533 g/mol. The summed E-state index contributed by atoms with van der Waals surface area (Å²) < 4.78 is 18.1. The largest absolute Gasteiger partial charge is 0.481 e. The minimum Gasteiger partial charge on any atom is -0.481 e. The Kier molecular flexibility index (Phi) is 6.81. The first-order valence-corrected chi connectivity index (χ1v) is 11.8. The Labute approximate surface area is 222 Å². The van der Waals surface area contributed by atoms with Gasteiger partial charge in [-0.1, -0.05) is 48.5 Å². The number of para-hydroxylation sites is 1. The maximum absolute atomic E-state index is 13.0. The zero-order valence-electron chi connectivity index (χ0n) is 20.9. The number of aromatic nitrogens is 5. The molecule has 4 aromatic rings. The van der Waals surface area contributed by atoms with Crippen LogP contribution >= 0.6 is 0 Å². The van der Waals surface area contributed by atoms with Crippen LogP contribution in [0.15, 0.2) is 60.7 Å². The highest BCUT2D eigenvalue weighted by molar-refractivity contribution is 5.78. The number of carboxylic acid groups (broad SMARTS) is 2. The highest BCUT2D eigenvalue weighted by Gasteiger charge is 2.51. The van der Waals surface area contributed by atoms with Crippen LogP contribution in [0.25, 0.3) is 5.69 Å². The van der Waals surface area contributed by atoms with Gasteiger partial charge in [-0.2, -0.15) is 9.97 Å². The van der Waals surface area contributed by atoms with E-state index in [1.807, 2.05) is 6.07 Å². The average Bonchev–Trinajstić information content (AvgIpc) is 3.27. The molecule has 0 fully saturated rings. The molecule has 0 amide bonds. The maximum atomic E-state index is 13.0. The van der Waals surface area contributed by atoms with Crippen molar-refractivity contribution < 1.29 is 34.0 Å². The monoisotopic (exact) mass is 532 g/mol. The fourth-order valence-electron chi connectivity index (χ4n) is 4.73. The lowest BCUT2D eigenvalue weighted by Gasteiger charge is -2.39. The molecule has 0 spiro atoms. The highest BCUT2D eigenvalue weighted by Crippen LogP contribution is 2.41. The summed E-state index contributed by atoms with van der Waals surface area (Å²) >= 11 is 0. The molecule has 0 radical (unpaired) electrons. The molecule has 2 atom stereocenters. The van der Waals surface area contributed by atoms with Gasteiger partial charge in [0.15, 0.2) is 5.82 Å². The van der Waals surface area contributed by atoms with E-state index in [1.165, 1.54) is 20.3 Å². The summed E-state index contributed by atoms with van der Waals surface area (Å²) in [4.78, 5) is 33.0. The van der Waals surface area contributed by atoms with Crippen molar-refractivity contribution in [1.29, 1.82) is 0 Å². The van der Waals surface area contributed by atoms with Crippen LogP contribution in [0.2, 0.25) is 0 Å². The molecule has 1 aliphatic rings. The van der Waals surface area contributed by atoms with Gasteiger partial charge in [0.2, 0.25) is 17.9 Å². The fraction of sp³-hybridized carbons (Fsp3) is 0.231. The molecule has 13 heteroatoms. The molecule has 0 aliphatic carbocycles. The van der Waals surface area contributed by atoms with Gasteiger partial charge in [-0.15, -0.1) is 10.2 Å². The zero-order chi connectivity index (χ0) is 27.6. The first-order chi connectivity index (χ1) is 18.9. The van der Waals surface area contributed by atoms with Crippen LogP contribution in [0, 0.1) is 0 Å². The molecule has 3 heterocycles. The number of methoxy groups -OCH3 is 2. The third-order valence-corrected chi connectivity index (χ3v) is 6.35. The normalized spacial score (nSPS) is 16.8. The van der Waals surface area contributed by atoms with Gasteiger partial charge in [0.25, 0.3) is 0 Å². The second kappa shape index (κ2) is 10.4. The van der Waals surface area contributed by atoms with Crippen LogP contribution in [0.5, 0.6) is 17.8 Å². The first-order valence-electron chi connectivity index (χ1n) is 11.8. The van der Waals surface area contributed by atoms with E-state index in [9.17, 15) is 19.8 Å². The number of nitrogens with zero attached hydrogens (tertiary/aromatic N) is 5. The van der Waals surface area contributed by atoms with E-state index < -0.39 is 23.6 Å². The Bertz CT molecular complexity index is 1500. The van der Waals surface area contributed by atoms with E-state index in [0.717, 1.165) is 0 Å². The molecule has 39 heavy (non-hydrogen) atoms. The van der Waals surface area contributed by atoms with E-state index in [4.69, 9.17) is 14.2 Å². The van der Waals surface area contributed by atoms with Crippen LogP contribution in [0.1, 0.15) is 22.8 Å². The number of aliphatic carboxylic acids is 2. The number of benzene rings is 2. The standard InChI is InChI=1S/C26H24N6O7/c1-37-20-13-21(38-2)29-25(28-20)39-23(24(35)36)26(15-8-4-3-5-9-15)16-10-6-7-11-17(16)32-18(12-22(33)34)30-31-19(32)14-27-26/h3-11,13,23,27H,12,14H2,1-2H3,(H,33,34)(H,35,36)/t23-,26+/m1/s1. The molecule has 0 unspecified atom stereocenters. The lowest BCUT2D eigenvalue weighted by atomic mass is 9.77. The van der Waals surface area contributed by atoms with Crippen LogP contribution in [-0.2, 0) is 28.1 Å². The zero-order valence-corrected chi connectivity index (χ0v) is 20.9. The number of carbonyl (C=O) groups is 2. The van der Waals surface area contributed by atoms with Crippen molar-refractivity contribution in [3.05, 3.63) is 83.4 Å². The summed E-state index contributed by atoms with van der Waals surface area (Å²) in [7, 11) is 2.80. The van der Waals surface area contributed by atoms with Gasteiger partial charge in [-0.25, -0.2) is 4.79 Å². The molecule has 0 bridgehead atoms. The molecule has 200 valence electrons. The Morgan fingerprint density at radius 1 is 1.00 bits per heavy atom. The van der Waals surface area contributed by atoms with E-state index in [0.29, 0.717) is 22.6 Å². The van der Waals surface area contributed by atoms with Crippen LogP contribution < -0.4 is 19.5 Å². The van der Waals surface area contributed by atoms with Crippen molar-refractivity contribution in [2.75, 3.05) is 14.2 Å². The molecule has 1 aliphatic heterocycles. The quantitative estimate of drug-likeness (QED) is 0.285. The van der Waals surface area contributed by atoms with Gasteiger partial charge in [0.1, 0.15) is 17.8 Å². The van der Waals surface area contributed by atoms with E-state index in [1.54, 1.807) is 53.1 Å². The topological polar surface area (TPSA) is 171 Å². The Morgan fingerprint density at radius 3 is 2.31 bits per heavy atom. The molecule has 13 nitrogen and oxygen atoms in total. The SMILES string of the molecule is COc1cc(OC)nc(O[C@H](C(=O)O)[C@@]2(c3ccccc3)NCc3nnc(CC(=O)O)n3-c3ccccc32)n1. The Balaban J connectivity index is 1.76. The van der Waals surface area contributed by atoms with Crippen molar-refractivity contribution in [2.45, 2.75) is 24.6 Å². The van der Waals surface area contributed by atoms with Crippen molar-refractivity contribution in [1.82, 2.24) is 30.0 Å². The molecule has 2 aromatic heterocycles. The van der Waals surface area contributed by atoms with Gasteiger partial charge < -0.3 is 24.4 Å². The minimum atomic E-state index is -1.63. The molecular formula is C26H24N6O7. The molecule has 2 aromatic carbocycles. The number of ether oxygens (including phenoxy) is 3. The summed E-state index contributed by atoms with van der Waals surface area (Å²) in [5, 5.41) is 31.7. The summed E-state index contributed by atoms with van der Waals surface area (Å²) in [5.74, 6) is -1.55. The first kappa shape index (κ1) is 25.6. The number of hydrogen-bond donors (Lipinski definition) is 3. The number of rotatable bonds is 9. The van der Waals surface area contributed by atoms with Crippen LogP contribution in [0.3, 0.4) is 0 Å². The van der Waals surface area contributed by atoms with Crippen molar-refractivity contribution in [3.8, 4) is 23.5 Å². The molecule has 3 N–H and O–H groups in total.